The Morgan fingerprint density at radius 1 is 1.10 bits per heavy atom. The molecule has 2 saturated heterocycles. The van der Waals surface area contributed by atoms with Crippen LogP contribution in [0.4, 0.5) is 0 Å². The molecule has 4 rings (SSSR count). The predicted octanol–water partition coefficient (Wildman–Crippen LogP) is 2.96. The molecule has 4 aliphatic rings. The second kappa shape index (κ2) is 9.78. The maximum absolute atomic E-state index is 13.4. The first-order valence-corrected chi connectivity index (χ1v) is 12.7. The zero-order valence-electron chi connectivity index (χ0n) is 19.9. The number of nitrogens with zero attached hydrogens (tertiary/aromatic N) is 1. The summed E-state index contributed by atoms with van der Waals surface area (Å²) in [5.41, 5.74) is 0. The first kappa shape index (κ1) is 23.0. The number of amides is 2. The van der Waals surface area contributed by atoms with E-state index in [-0.39, 0.29) is 29.9 Å². The first-order valence-electron chi connectivity index (χ1n) is 12.7. The van der Waals surface area contributed by atoms with Crippen LogP contribution in [0.15, 0.2) is 0 Å². The number of methoxy groups -OCH3 is 1. The van der Waals surface area contributed by atoms with Gasteiger partial charge >= 0.3 is 0 Å². The zero-order chi connectivity index (χ0) is 22.1. The Kier molecular flexibility index (Phi) is 7.27. The number of nitrogens with one attached hydrogen (secondary N) is 2. The van der Waals surface area contributed by atoms with Crippen molar-refractivity contribution in [1.29, 1.82) is 0 Å². The lowest BCUT2D eigenvalue weighted by molar-refractivity contribution is -0.148. The Labute approximate surface area is 188 Å². The number of fused-ring (bicyclic) bond motifs is 1. The molecule has 9 atom stereocenters. The summed E-state index contributed by atoms with van der Waals surface area (Å²) in [5.74, 6) is 2.19. The number of ether oxygens (including phenoxy) is 1. The number of hydrogen-bond acceptors (Lipinski definition) is 4. The average molecular weight is 434 g/mol. The fraction of sp³-hybridized carbons (Fsp3) is 0.920. The topological polar surface area (TPSA) is 70.7 Å². The lowest BCUT2D eigenvalue weighted by atomic mass is 9.65. The summed E-state index contributed by atoms with van der Waals surface area (Å²) in [5, 5.41) is 7.00. The number of rotatable bonds is 4. The highest BCUT2D eigenvalue weighted by Gasteiger charge is 2.47. The quantitative estimate of drug-likeness (QED) is 0.715. The van der Waals surface area contributed by atoms with E-state index in [1.165, 1.54) is 0 Å². The molecular weight excluding hydrogens is 390 g/mol. The predicted molar refractivity (Wildman–Crippen MR) is 121 cm³/mol. The average Bonchev–Trinajstić information content (AvgIpc) is 2.78. The van der Waals surface area contributed by atoms with Crippen molar-refractivity contribution in [2.75, 3.05) is 20.7 Å². The molecule has 2 amide bonds. The molecule has 6 nitrogen and oxygen atoms in total. The lowest BCUT2D eigenvalue weighted by Crippen LogP contribution is -2.60. The molecule has 2 heterocycles. The van der Waals surface area contributed by atoms with Gasteiger partial charge in [0.2, 0.25) is 11.8 Å². The molecule has 2 aliphatic heterocycles. The standard InChI is InChI=1S/C25H43N3O3/c1-15-8-9-19(27-24(29)17-6-5-7-20(11-17)31-4)13-21(15)22-12-18-14-26-16(2)10-23(18)28(3)25(22)30/h15-23,26H,5-14H2,1-4H3,(H,27,29). The van der Waals surface area contributed by atoms with Gasteiger partial charge < -0.3 is 20.3 Å². The third-order valence-corrected chi connectivity index (χ3v) is 9.04. The lowest BCUT2D eigenvalue weighted by Gasteiger charge is -2.50. The maximum Gasteiger partial charge on any atom is 0.225 e. The molecule has 0 aromatic rings. The highest BCUT2D eigenvalue weighted by atomic mass is 16.5. The summed E-state index contributed by atoms with van der Waals surface area (Å²) < 4.78 is 5.52. The van der Waals surface area contributed by atoms with E-state index in [1.807, 2.05) is 7.05 Å². The molecule has 0 radical (unpaired) electrons. The van der Waals surface area contributed by atoms with E-state index in [2.05, 4.69) is 29.4 Å². The summed E-state index contributed by atoms with van der Waals surface area (Å²) in [7, 11) is 3.77. The van der Waals surface area contributed by atoms with Crippen molar-refractivity contribution >= 4 is 11.8 Å². The van der Waals surface area contributed by atoms with Gasteiger partial charge in [0.25, 0.3) is 0 Å². The van der Waals surface area contributed by atoms with E-state index >= 15 is 0 Å². The molecule has 2 aliphatic carbocycles. The van der Waals surface area contributed by atoms with Gasteiger partial charge in [-0.1, -0.05) is 13.3 Å². The minimum atomic E-state index is 0.0787. The van der Waals surface area contributed by atoms with Crippen LogP contribution in [0.2, 0.25) is 0 Å². The van der Waals surface area contributed by atoms with E-state index in [0.717, 1.165) is 64.3 Å². The highest BCUT2D eigenvalue weighted by Crippen LogP contribution is 2.43. The van der Waals surface area contributed by atoms with Crippen LogP contribution in [0.25, 0.3) is 0 Å². The zero-order valence-corrected chi connectivity index (χ0v) is 19.9. The maximum atomic E-state index is 13.4. The van der Waals surface area contributed by atoms with Gasteiger partial charge in [0.1, 0.15) is 0 Å². The van der Waals surface area contributed by atoms with Crippen LogP contribution in [0, 0.1) is 29.6 Å². The first-order chi connectivity index (χ1) is 14.9. The minimum Gasteiger partial charge on any atom is -0.381 e. The van der Waals surface area contributed by atoms with Crippen LogP contribution < -0.4 is 10.6 Å². The van der Waals surface area contributed by atoms with E-state index < -0.39 is 0 Å². The van der Waals surface area contributed by atoms with Crippen LogP contribution in [0.3, 0.4) is 0 Å². The molecule has 2 N–H and O–H groups in total. The third-order valence-electron chi connectivity index (χ3n) is 9.04. The van der Waals surface area contributed by atoms with Crippen molar-refractivity contribution in [2.45, 2.75) is 95.9 Å². The van der Waals surface area contributed by atoms with Crippen molar-refractivity contribution in [3.8, 4) is 0 Å². The Balaban J connectivity index is 1.38. The van der Waals surface area contributed by atoms with Crippen LogP contribution in [0.1, 0.15) is 71.6 Å². The Morgan fingerprint density at radius 2 is 1.90 bits per heavy atom. The molecule has 6 heteroatoms. The van der Waals surface area contributed by atoms with Gasteiger partial charge in [-0.25, -0.2) is 0 Å². The molecule has 0 aromatic heterocycles. The van der Waals surface area contributed by atoms with Crippen LogP contribution in [0.5, 0.6) is 0 Å². The summed E-state index contributed by atoms with van der Waals surface area (Å²) in [6, 6.07) is 1.07. The van der Waals surface area contributed by atoms with Gasteiger partial charge in [-0.05, 0) is 76.0 Å². The molecule has 9 unspecified atom stereocenters. The van der Waals surface area contributed by atoms with Gasteiger partial charge in [-0.15, -0.1) is 0 Å². The number of carbonyl (C=O) groups is 2. The van der Waals surface area contributed by atoms with Gasteiger partial charge in [-0.3, -0.25) is 9.59 Å². The normalized spacial score (nSPS) is 43.9. The van der Waals surface area contributed by atoms with Gasteiger partial charge in [0, 0.05) is 50.7 Å². The molecular formula is C25H43N3O3. The van der Waals surface area contributed by atoms with Crippen LogP contribution in [-0.2, 0) is 14.3 Å². The highest BCUT2D eigenvalue weighted by molar-refractivity contribution is 5.80. The van der Waals surface area contributed by atoms with Crippen LogP contribution >= 0.6 is 0 Å². The number of carbonyl (C=O) groups excluding carboxylic acids is 2. The Hall–Kier alpha value is -1.14. The third kappa shape index (κ3) is 4.95. The molecule has 0 bridgehead atoms. The molecule has 0 aromatic carbocycles. The summed E-state index contributed by atoms with van der Waals surface area (Å²) in [4.78, 5) is 28.4. The second-order valence-corrected chi connectivity index (χ2v) is 11.0. The molecule has 4 fully saturated rings. The number of hydrogen-bond donors (Lipinski definition) is 2. The SMILES string of the molecule is COC1CCCC(C(=O)NC2CCC(C)C(C3CC4CNC(C)CC4N(C)C3=O)C2)C1. The summed E-state index contributed by atoms with van der Waals surface area (Å²) in [6.45, 7) is 5.55. The smallest absolute Gasteiger partial charge is 0.225 e. The van der Waals surface area contributed by atoms with Gasteiger partial charge in [0.05, 0.1) is 6.10 Å². The van der Waals surface area contributed by atoms with Crippen molar-refractivity contribution in [3.05, 3.63) is 0 Å². The monoisotopic (exact) mass is 433 g/mol. The van der Waals surface area contributed by atoms with Gasteiger partial charge in [0.15, 0.2) is 0 Å². The molecule has 176 valence electrons. The van der Waals surface area contributed by atoms with Crippen molar-refractivity contribution in [2.24, 2.45) is 29.6 Å². The molecule has 0 spiro atoms. The number of piperidine rings is 2. The minimum absolute atomic E-state index is 0.0787. The molecule has 2 saturated carbocycles. The molecule has 31 heavy (non-hydrogen) atoms. The summed E-state index contributed by atoms with van der Waals surface area (Å²) >= 11 is 0. The number of likely N-dealkylation sites (tertiary alicyclic amines) is 1. The fourth-order valence-corrected chi connectivity index (χ4v) is 7.02. The second-order valence-electron chi connectivity index (χ2n) is 11.0. The Bertz CT molecular complexity index is 656. The summed E-state index contributed by atoms with van der Waals surface area (Å²) in [6.07, 6.45) is 9.30. The Morgan fingerprint density at radius 3 is 2.68 bits per heavy atom. The van der Waals surface area contributed by atoms with Crippen molar-refractivity contribution in [1.82, 2.24) is 15.5 Å². The van der Waals surface area contributed by atoms with Crippen molar-refractivity contribution in [3.63, 3.8) is 0 Å². The van der Waals surface area contributed by atoms with E-state index in [0.29, 0.717) is 35.7 Å². The fourth-order valence-electron chi connectivity index (χ4n) is 7.02. The van der Waals surface area contributed by atoms with E-state index in [9.17, 15) is 9.59 Å². The van der Waals surface area contributed by atoms with Crippen LogP contribution in [-0.4, -0.2) is 61.6 Å². The van der Waals surface area contributed by atoms with Crippen molar-refractivity contribution < 1.29 is 14.3 Å². The van der Waals surface area contributed by atoms with E-state index in [1.54, 1.807) is 7.11 Å². The van der Waals surface area contributed by atoms with Gasteiger partial charge in [-0.2, -0.15) is 0 Å². The largest absolute Gasteiger partial charge is 0.381 e. The van der Waals surface area contributed by atoms with E-state index in [4.69, 9.17) is 4.74 Å².